The van der Waals surface area contributed by atoms with E-state index in [0.717, 1.165) is 4.90 Å². The molecule has 0 aliphatic heterocycles. The number of benzene rings is 1. The first kappa shape index (κ1) is 13.9. The van der Waals surface area contributed by atoms with Crippen LogP contribution in [-0.4, -0.2) is 33.3 Å². The first-order valence-corrected chi connectivity index (χ1v) is 6.61. The number of hydrogen-bond donors (Lipinski definition) is 0. The van der Waals surface area contributed by atoms with E-state index in [9.17, 15) is 22.0 Å². The molecule has 1 aromatic carbocycles. The quantitative estimate of drug-likeness (QED) is 0.775. The molecule has 0 heterocycles. The van der Waals surface area contributed by atoms with Gasteiger partial charge in [-0.15, -0.1) is 0 Å². The minimum atomic E-state index is -4.45. The van der Waals surface area contributed by atoms with Gasteiger partial charge in [-0.25, -0.2) is 17.2 Å². The predicted octanol–water partition coefficient (Wildman–Crippen LogP) is 1.59. The fourth-order valence-electron chi connectivity index (χ4n) is 1.14. The normalized spacial score (nSPS) is 11.4. The van der Waals surface area contributed by atoms with Crippen molar-refractivity contribution in [3.63, 3.8) is 0 Å². The molecule has 94 valence electrons. The molecule has 1 aromatic rings. The molecule has 0 aromatic heterocycles. The molecule has 1 amide bonds. The first-order valence-electron chi connectivity index (χ1n) is 4.30. The summed E-state index contributed by atoms with van der Waals surface area (Å²) in [6.45, 7) is 0. The van der Waals surface area contributed by atoms with Crippen LogP contribution < -0.4 is 0 Å². The van der Waals surface area contributed by atoms with Gasteiger partial charge < -0.3 is 4.90 Å². The van der Waals surface area contributed by atoms with Crippen LogP contribution in [0.4, 0.5) is 8.78 Å². The van der Waals surface area contributed by atoms with E-state index in [1.807, 2.05) is 0 Å². The van der Waals surface area contributed by atoms with Crippen LogP contribution in [0, 0.1) is 11.6 Å². The number of rotatable bonds is 2. The zero-order chi connectivity index (χ0) is 13.4. The van der Waals surface area contributed by atoms with Crippen molar-refractivity contribution in [3.8, 4) is 0 Å². The number of carbonyl (C=O) groups excluding carboxylic acids is 1. The van der Waals surface area contributed by atoms with E-state index >= 15 is 0 Å². The van der Waals surface area contributed by atoms with E-state index < -0.39 is 37.1 Å². The Kier molecular flexibility index (Phi) is 3.73. The Labute approximate surface area is 101 Å². The highest BCUT2D eigenvalue weighted by Gasteiger charge is 2.24. The van der Waals surface area contributed by atoms with Crippen LogP contribution in [0.1, 0.15) is 10.4 Å². The lowest BCUT2D eigenvalue weighted by atomic mass is 10.2. The summed E-state index contributed by atoms with van der Waals surface area (Å²) in [5, 5.41) is 0. The van der Waals surface area contributed by atoms with E-state index in [0.29, 0.717) is 12.1 Å². The van der Waals surface area contributed by atoms with Crippen molar-refractivity contribution in [1.82, 2.24) is 4.90 Å². The average molecular weight is 284 g/mol. The maximum atomic E-state index is 13.7. The molecule has 0 spiro atoms. The SMILES string of the molecule is CN(C)C(=O)c1cc(F)cc(S(=O)(=O)Cl)c1F. The van der Waals surface area contributed by atoms with Gasteiger partial charge in [-0.05, 0) is 12.1 Å². The smallest absolute Gasteiger partial charge is 0.264 e. The lowest BCUT2D eigenvalue weighted by Gasteiger charge is -2.12. The minimum Gasteiger partial charge on any atom is -0.345 e. The van der Waals surface area contributed by atoms with Gasteiger partial charge >= 0.3 is 0 Å². The number of halogens is 3. The zero-order valence-corrected chi connectivity index (χ0v) is 10.4. The molecule has 1 rings (SSSR count). The van der Waals surface area contributed by atoms with Crippen molar-refractivity contribution in [2.75, 3.05) is 14.1 Å². The third kappa shape index (κ3) is 2.92. The van der Waals surface area contributed by atoms with Gasteiger partial charge in [0.15, 0.2) is 5.82 Å². The highest BCUT2D eigenvalue weighted by molar-refractivity contribution is 8.13. The second kappa shape index (κ2) is 4.58. The van der Waals surface area contributed by atoms with Crippen LogP contribution in [-0.2, 0) is 9.05 Å². The zero-order valence-electron chi connectivity index (χ0n) is 8.87. The molecule has 17 heavy (non-hydrogen) atoms. The predicted molar refractivity (Wildman–Crippen MR) is 57.4 cm³/mol. The van der Waals surface area contributed by atoms with Crippen LogP contribution in [0.3, 0.4) is 0 Å². The van der Waals surface area contributed by atoms with Crippen molar-refractivity contribution >= 4 is 25.6 Å². The molecule has 0 saturated heterocycles. The summed E-state index contributed by atoms with van der Waals surface area (Å²) in [6.07, 6.45) is 0. The molecule has 0 bridgehead atoms. The molecule has 0 saturated carbocycles. The average Bonchev–Trinajstić information content (AvgIpc) is 2.18. The molecule has 0 N–H and O–H groups in total. The van der Waals surface area contributed by atoms with Gasteiger partial charge in [0.05, 0.1) is 5.56 Å². The van der Waals surface area contributed by atoms with Gasteiger partial charge in [0.1, 0.15) is 10.7 Å². The van der Waals surface area contributed by atoms with Gasteiger partial charge in [-0.3, -0.25) is 4.79 Å². The minimum absolute atomic E-state index is 0.421. The Morgan fingerprint density at radius 2 is 1.82 bits per heavy atom. The molecule has 8 heteroatoms. The lowest BCUT2D eigenvalue weighted by Crippen LogP contribution is -2.23. The van der Waals surface area contributed by atoms with Crippen molar-refractivity contribution in [2.45, 2.75) is 4.90 Å². The molecule has 0 aliphatic carbocycles. The molecular formula is C9H8ClF2NO3S. The van der Waals surface area contributed by atoms with E-state index in [2.05, 4.69) is 0 Å². The second-order valence-corrected chi connectivity index (χ2v) is 5.94. The van der Waals surface area contributed by atoms with Crippen LogP contribution in [0.25, 0.3) is 0 Å². The van der Waals surface area contributed by atoms with Crippen LogP contribution in [0.15, 0.2) is 17.0 Å². The molecule has 0 fully saturated rings. The monoisotopic (exact) mass is 283 g/mol. The number of amides is 1. The Morgan fingerprint density at radius 3 is 2.24 bits per heavy atom. The Bertz CT molecular complexity index is 572. The maximum Gasteiger partial charge on any atom is 0.264 e. The van der Waals surface area contributed by atoms with Crippen LogP contribution in [0.2, 0.25) is 0 Å². The van der Waals surface area contributed by atoms with Crippen molar-refractivity contribution in [2.24, 2.45) is 0 Å². The summed E-state index contributed by atoms with van der Waals surface area (Å²) < 4.78 is 48.8. The van der Waals surface area contributed by atoms with Crippen molar-refractivity contribution in [3.05, 3.63) is 29.3 Å². The summed E-state index contributed by atoms with van der Waals surface area (Å²) in [5.41, 5.74) is -0.686. The standard InChI is InChI=1S/C9H8ClF2NO3S/c1-13(2)9(14)6-3-5(11)4-7(8(6)12)17(10,15)16/h3-4H,1-2H3. The summed E-state index contributed by atoms with van der Waals surface area (Å²) in [4.78, 5) is 11.4. The van der Waals surface area contributed by atoms with Gasteiger partial charge in [-0.1, -0.05) is 0 Å². The Balaban J connectivity index is 3.56. The van der Waals surface area contributed by atoms with Crippen LogP contribution in [0.5, 0.6) is 0 Å². The topological polar surface area (TPSA) is 54.5 Å². The summed E-state index contributed by atoms with van der Waals surface area (Å²) in [6, 6.07) is 1.04. The van der Waals surface area contributed by atoms with Gasteiger partial charge in [0.2, 0.25) is 0 Å². The Hall–Kier alpha value is -1.21. The van der Waals surface area contributed by atoms with E-state index in [4.69, 9.17) is 10.7 Å². The van der Waals surface area contributed by atoms with E-state index in [-0.39, 0.29) is 0 Å². The van der Waals surface area contributed by atoms with Gasteiger partial charge in [-0.2, -0.15) is 0 Å². The summed E-state index contributed by atoms with van der Waals surface area (Å²) in [7, 11) is 3.12. The molecule has 0 unspecified atom stereocenters. The fraction of sp³-hybridized carbons (Fsp3) is 0.222. The molecule has 4 nitrogen and oxygen atoms in total. The van der Waals surface area contributed by atoms with Gasteiger partial charge in [0, 0.05) is 24.8 Å². The van der Waals surface area contributed by atoms with Gasteiger partial charge in [0.25, 0.3) is 15.0 Å². The third-order valence-electron chi connectivity index (χ3n) is 1.90. The Morgan fingerprint density at radius 1 is 1.29 bits per heavy atom. The molecule has 0 radical (unpaired) electrons. The largest absolute Gasteiger partial charge is 0.345 e. The molecule has 0 aliphatic rings. The number of hydrogen-bond acceptors (Lipinski definition) is 3. The molecular weight excluding hydrogens is 276 g/mol. The highest BCUT2D eigenvalue weighted by atomic mass is 35.7. The third-order valence-corrected chi connectivity index (χ3v) is 3.22. The molecule has 0 atom stereocenters. The lowest BCUT2D eigenvalue weighted by molar-refractivity contribution is 0.0822. The van der Waals surface area contributed by atoms with Crippen molar-refractivity contribution < 1.29 is 22.0 Å². The summed E-state index contributed by atoms with van der Waals surface area (Å²) >= 11 is 0. The van der Waals surface area contributed by atoms with Crippen LogP contribution >= 0.6 is 10.7 Å². The first-order chi connectivity index (χ1) is 7.64. The maximum absolute atomic E-state index is 13.7. The fourth-order valence-corrected chi connectivity index (χ4v) is 2.05. The van der Waals surface area contributed by atoms with Crippen molar-refractivity contribution in [1.29, 1.82) is 0 Å². The number of carbonyl (C=O) groups is 1. The highest BCUT2D eigenvalue weighted by Crippen LogP contribution is 2.24. The van der Waals surface area contributed by atoms with E-state index in [1.54, 1.807) is 0 Å². The van der Waals surface area contributed by atoms with E-state index in [1.165, 1.54) is 14.1 Å². The number of nitrogens with zero attached hydrogens (tertiary/aromatic N) is 1. The summed E-state index contributed by atoms with van der Waals surface area (Å²) in [5.74, 6) is -3.28. The second-order valence-electron chi connectivity index (χ2n) is 3.40.